The van der Waals surface area contributed by atoms with Crippen LogP contribution < -0.4 is 20.1 Å². The molecule has 0 aliphatic carbocycles. The van der Waals surface area contributed by atoms with Crippen molar-refractivity contribution in [3.63, 3.8) is 0 Å². The molecule has 0 radical (unpaired) electrons. The van der Waals surface area contributed by atoms with Crippen LogP contribution >= 0.6 is 0 Å². The van der Waals surface area contributed by atoms with Crippen LogP contribution in [0.2, 0.25) is 0 Å². The fourth-order valence-corrected chi connectivity index (χ4v) is 2.44. The number of carbonyl (C=O) groups excluding carboxylic acids is 1. The molecule has 8 heteroatoms. The first kappa shape index (κ1) is 19.1. The summed E-state index contributed by atoms with van der Waals surface area (Å²) in [6.07, 6.45) is 1.45. The summed E-state index contributed by atoms with van der Waals surface area (Å²) in [5, 5.41) is 5.68. The lowest BCUT2D eigenvalue weighted by Crippen LogP contribution is -2.12. The number of carbonyl (C=O) groups is 1. The number of hydrogen-bond acceptors (Lipinski definition) is 5. The van der Waals surface area contributed by atoms with Gasteiger partial charge in [-0.15, -0.1) is 0 Å². The Morgan fingerprint density at radius 2 is 1.64 bits per heavy atom. The fraction of sp³-hybridized carbons (Fsp3) is 0.100. The van der Waals surface area contributed by atoms with Crippen LogP contribution in [0.25, 0.3) is 0 Å². The highest BCUT2D eigenvalue weighted by Gasteiger charge is 2.10. The third kappa shape index (κ3) is 4.35. The predicted octanol–water partition coefficient (Wildman–Crippen LogP) is 4.37. The maximum Gasteiger partial charge on any atom is 0.255 e. The van der Waals surface area contributed by atoms with Gasteiger partial charge in [0, 0.05) is 17.3 Å². The molecule has 2 aromatic carbocycles. The third-order valence-electron chi connectivity index (χ3n) is 3.86. The maximum absolute atomic E-state index is 13.2. The molecule has 6 nitrogen and oxygen atoms in total. The fourth-order valence-electron chi connectivity index (χ4n) is 2.44. The molecular weight excluding hydrogens is 368 g/mol. The molecule has 0 fully saturated rings. The number of benzene rings is 2. The lowest BCUT2D eigenvalue weighted by molar-refractivity contribution is 0.102. The van der Waals surface area contributed by atoms with Crippen LogP contribution in [0.15, 0.2) is 54.7 Å². The highest BCUT2D eigenvalue weighted by molar-refractivity contribution is 6.04. The van der Waals surface area contributed by atoms with Crippen LogP contribution in [0.5, 0.6) is 11.5 Å². The van der Waals surface area contributed by atoms with Crippen molar-refractivity contribution in [3.05, 3.63) is 71.9 Å². The highest BCUT2D eigenvalue weighted by atomic mass is 19.2. The van der Waals surface area contributed by atoms with Crippen LogP contribution in [-0.4, -0.2) is 25.1 Å². The van der Waals surface area contributed by atoms with E-state index in [0.717, 1.165) is 17.8 Å². The van der Waals surface area contributed by atoms with Gasteiger partial charge in [0.1, 0.15) is 5.82 Å². The first-order valence-electron chi connectivity index (χ1n) is 8.21. The Hall–Kier alpha value is -3.68. The summed E-state index contributed by atoms with van der Waals surface area (Å²) in [5.74, 6) is -0.942. The molecule has 0 saturated carbocycles. The first-order valence-corrected chi connectivity index (χ1v) is 8.21. The zero-order chi connectivity index (χ0) is 20.1. The van der Waals surface area contributed by atoms with E-state index < -0.39 is 17.5 Å². The van der Waals surface area contributed by atoms with E-state index in [1.165, 1.54) is 12.3 Å². The van der Waals surface area contributed by atoms with Crippen molar-refractivity contribution in [2.24, 2.45) is 0 Å². The monoisotopic (exact) mass is 385 g/mol. The zero-order valence-corrected chi connectivity index (χ0v) is 15.1. The van der Waals surface area contributed by atoms with Gasteiger partial charge in [-0.3, -0.25) is 4.79 Å². The molecule has 0 atom stereocenters. The molecular formula is C20H17F2N3O3. The van der Waals surface area contributed by atoms with Crippen molar-refractivity contribution < 1.29 is 23.0 Å². The van der Waals surface area contributed by atoms with Crippen LogP contribution in [0.3, 0.4) is 0 Å². The summed E-state index contributed by atoms with van der Waals surface area (Å²) in [6.45, 7) is 0. The Labute approximate surface area is 160 Å². The van der Waals surface area contributed by atoms with Crippen LogP contribution in [-0.2, 0) is 0 Å². The molecule has 2 N–H and O–H groups in total. The summed E-state index contributed by atoms with van der Waals surface area (Å²) in [5.41, 5.74) is 1.16. The summed E-state index contributed by atoms with van der Waals surface area (Å²) in [4.78, 5) is 16.3. The topological polar surface area (TPSA) is 72.5 Å². The maximum atomic E-state index is 13.2. The SMILES string of the molecule is COc1ccc(Nc2ccc(NC(=O)c3ccc(F)c(F)c3)cn2)cc1OC. The number of aromatic nitrogens is 1. The van der Waals surface area contributed by atoms with E-state index in [1.807, 2.05) is 6.07 Å². The number of methoxy groups -OCH3 is 2. The molecule has 1 heterocycles. The second-order valence-electron chi connectivity index (χ2n) is 5.71. The number of anilines is 3. The Morgan fingerprint density at radius 1 is 0.893 bits per heavy atom. The molecule has 28 heavy (non-hydrogen) atoms. The number of nitrogens with zero attached hydrogens (tertiary/aromatic N) is 1. The number of ether oxygens (including phenoxy) is 2. The Bertz CT molecular complexity index is 994. The minimum absolute atomic E-state index is 0.00595. The molecule has 144 valence electrons. The largest absolute Gasteiger partial charge is 0.493 e. The average molecular weight is 385 g/mol. The molecule has 3 rings (SSSR count). The van der Waals surface area contributed by atoms with Crippen molar-refractivity contribution in [3.8, 4) is 11.5 Å². The standard InChI is InChI=1S/C20H17F2N3O3/c1-27-17-7-4-13(10-18(17)28-2)24-19-8-5-14(11-23-19)25-20(26)12-3-6-15(21)16(22)9-12/h3-11H,1-2H3,(H,23,24)(H,25,26). The summed E-state index contributed by atoms with van der Waals surface area (Å²) >= 11 is 0. The van der Waals surface area contributed by atoms with Gasteiger partial charge < -0.3 is 20.1 Å². The summed E-state index contributed by atoms with van der Waals surface area (Å²) < 4.78 is 36.7. The van der Waals surface area contributed by atoms with Crippen molar-refractivity contribution in [1.82, 2.24) is 4.98 Å². The number of hydrogen-bond donors (Lipinski definition) is 2. The number of pyridine rings is 1. The lowest BCUT2D eigenvalue weighted by Gasteiger charge is -2.11. The van der Waals surface area contributed by atoms with Crippen molar-refractivity contribution in [2.45, 2.75) is 0 Å². The summed E-state index contributed by atoms with van der Waals surface area (Å²) in [6, 6.07) is 11.6. The van der Waals surface area contributed by atoms with Gasteiger partial charge in [0.2, 0.25) is 0 Å². The average Bonchev–Trinajstić information content (AvgIpc) is 2.71. The molecule has 0 saturated heterocycles. The number of rotatable bonds is 6. The van der Waals surface area contributed by atoms with Crippen molar-refractivity contribution in [2.75, 3.05) is 24.9 Å². The van der Waals surface area contributed by atoms with Gasteiger partial charge in [-0.05, 0) is 42.5 Å². The van der Waals surface area contributed by atoms with Crippen molar-refractivity contribution >= 4 is 23.1 Å². The summed E-state index contributed by atoms with van der Waals surface area (Å²) in [7, 11) is 3.10. The van der Waals surface area contributed by atoms with Crippen LogP contribution in [0, 0.1) is 11.6 Å². The molecule has 0 aliphatic rings. The van der Waals surface area contributed by atoms with E-state index in [2.05, 4.69) is 15.6 Å². The van der Waals surface area contributed by atoms with Crippen LogP contribution in [0.1, 0.15) is 10.4 Å². The molecule has 0 spiro atoms. The van der Waals surface area contributed by atoms with E-state index in [1.54, 1.807) is 38.5 Å². The van der Waals surface area contributed by atoms with Crippen LogP contribution in [0.4, 0.5) is 26.0 Å². The Balaban J connectivity index is 1.68. The predicted molar refractivity (Wildman–Crippen MR) is 101 cm³/mol. The van der Waals surface area contributed by atoms with Gasteiger partial charge >= 0.3 is 0 Å². The van der Waals surface area contributed by atoms with Gasteiger partial charge in [0.15, 0.2) is 23.1 Å². The first-order chi connectivity index (χ1) is 13.5. The smallest absolute Gasteiger partial charge is 0.255 e. The Morgan fingerprint density at radius 3 is 2.29 bits per heavy atom. The molecule has 0 bridgehead atoms. The zero-order valence-electron chi connectivity index (χ0n) is 15.1. The molecule has 1 amide bonds. The van der Waals surface area contributed by atoms with Crippen molar-refractivity contribution in [1.29, 1.82) is 0 Å². The molecule has 1 aromatic heterocycles. The van der Waals surface area contributed by atoms with Gasteiger partial charge in [-0.25, -0.2) is 13.8 Å². The van der Waals surface area contributed by atoms with E-state index >= 15 is 0 Å². The van der Waals surface area contributed by atoms with Gasteiger partial charge in [0.05, 0.1) is 26.1 Å². The van der Waals surface area contributed by atoms with Gasteiger partial charge in [0.25, 0.3) is 5.91 Å². The molecule has 0 aliphatic heterocycles. The number of amides is 1. The second kappa shape index (κ2) is 8.34. The van der Waals surface area contributed by atoms with E-state index in [0.29, 0.717) is 23.0 Å². The minimum Gasteiger partial charge on any atom is -0.493 e. The quantitative estimate of drug-likeness (QED) is 0.659. The Kier molecular flexibility index (Phi) is 5.69. The van der Waals surface area contributed by atoms with E-state index in [-0.39, 0.29) is 5.56 Å². The van der Waals surface area contributed by atoms with Gasteiger partial charge in [-0.1, -0.05) is 0 Å². The normalized spacial score (nSPS) is 10.3. The molecule has 3 aromatic rings. The number of halogens is 2. The second-order valence-corrected chi connectivity index (χ2v) is 5.71. The highest BCUT2D eigenvalue weighted by Crippen LogP contribution is 2.30. The van der Waals surface area contributed by atoms with Gasteiger partial charge in [-0.2, -0.15) is 0 Å². The lowest BCUT2D eigenvalue weighted by atomic mass is 10.2. The molecule has 0 unspecified atom stereocenters. The number of nitrogens with one attached hydrogen (secondary N) is 2. The van der Waals surface area contributed by atoms with E-state index in [4.69, 9.17) is 9.47 Å². The minimum atomic E-state index is -1.08. The third-order valence-corrected chi connectivity index (χ3v) is 3.86. The van der Waals surface area contributed by atoms with E-state index in [9.17, 15) is 13.6 Å².